The summed E-state index contributed by atoms with van der Waals surface area (Å²) in [5.74, 6) is -0.421. The van der Waals surface area contributed by atoms with Gasteiger partial charge in [0.25, 0.3) is 5.69 Å². The molecule has 3 N–H and O–H groups in total. The predicted molar refractivity (Wildman–Crippen MR) is 71.6 cm³/mol. The van der Waals surface area contributed by atoms with Crippen LogP contribution < -0.4 is 4.90 Å². The van der Waals surface area contributed by atoms with Gasteiger partial charge in [0.05, 0.1) is 29.1 Å². The number of nitro benzene ring substituents is 1. The lowest BCUT2D eigenvalue weighted by Crippen LogP contribution is -2.23. The number of hydrogen-bond acceptors (Lipinski definition) is 6. The SMILES string of the molecule is O=[N+]([O-])c1cccc2c1CN(c1cc(O)[nH]c1O)C=N2. The molecule has 20 heavy (non-hydrogen) atoms. The fourth-order valence-corrected chi connectivity index (χ4v) is 2.15. The van der Waals surface area contributed by atoms with Gasteiger partial charge in [-0.1, -0.05) is 6.07 Å². The van der Waals surface area contributed by atoms with Crippen LogP contribution in [0.3, 0.4) is 0 Å². The Hall–Kier alpha value is -3.03. The van der Waals surface area contributed by atoms with Crippen molar-refractivity contribution < 1.29 is 15.1 Å². The summed E-state index contributed by atoms with van der Waals surface area (Å²) in [4.78, 5) is 18.5. The second kappa shape index (κ2) is 4.26. The number of benzene rings is 1. The maximum Gasteiger partial charge on any atom is 0.276 e. The Morgan fingerprint density at radius 3 is 2.85 bits per heavy atom. The molecule has 1 aliphatic heterocycles. The predicted octanol–water partition coefficient (Wildman–Crippen LogP) is 2.01. The van der Waals surface area contributed by atoms with Crippen LogP contribution in [-0.2, 0) is 6.54 Å². The number of nitrogens with zero attached hydrogens (tertiary/aromatic N) is 3. The molecule has 0 unspecified atom stereocenters. The molecule has 1 aromatic carbocycles. The highest BCUT2D eigenvalue weighted by atomic mass is 16.6. The van der Waals surface area contributed by atoms with Gasteiger partial charge in [0.2, 0.25) is 5.88 Å². The van der Waals surface area contributed by atoms with E-state index in [4.69, 9.17) is 0 Å². The van der Waals surface area contributed by atoms with Crippen LogP contribution in [0.4, 0.5) is 17.1 Å². The number of aromatic nitrogens is 1. The Labute approximate surface area is 112 Å². The summed E-state index contributed by atoms with van der Waals surface area (Å²) >= 11 is 0. The average Bonchev–Trinajstić information content (AvgIpc) is 2.76. The summed E-state index contributed by atoms with van der Waals surface area (Å²) in [5.41, 5.74) is 1.26. The highest BCUT2D eigenvalue weighted by molar-refractivity contribution is 5.87. The van der Waals surface area contributed by atoms with Gasteiger partial charge in [-0.05, 0) is 6.07 Å². The van der Waals surface area contributed by atoms with E-state index >= 15 is 0 Å². The van der Waals surface area contributed by atoms with Gasteiger partial charge < -0.3 is 15.1 Å². The normalized spacial score (nSPS) is 13.3. The Kier molecular flexibility index (Phi) is 2.56. The quantitative estimate of drug-likeness (QED) is 0.572. The maximum atomic E-state index is 11.0. The second-order valence-corrected chi connectivity index (χ2v) is 4.29. The Bertz CT molecular complexity index is 722. The number of hydrogen-bond donors (Lipinski definition) is 3. The lowest BCUT2D eigenvalue weighted by molar-refractivity contribution is -0.385. The molecule has 0 saturated heterocycles. The molecule has 0 fully saturated rings. The molecule has 0 radical (unpaired) electrons. The van der Waals surface area contributed by atoms with E-state index in [0.29, 0.717) is 16.9 Å². The van der Waals surface area contributed by atoms with Crippen LogP contribution in [0.5, 0.6) is 11.8 Å². The number of anilines is 1. The van der Waals surface area contributed by atoms with Crippen molar-refractivity contribution in [1.29, 1.82) is 0 Å². The van der Waals surface area contributed by atoms with E-state index in [1.807, 2.05) is 0 Å². The minimum Gasteiger partial charge on any atom is -0.494 e. The number of rotatable bonds is 2. The molecular weight excluding hydrogens is 264 g/mol. The Morgan fingerprint density at radius 1 is 1.40 bits per heavy atom. The summed E-state index contributed by atoms with van der Waals surface area (Å²) in [6.45, 7) is 0.181. The topological polar surface area (TPSA) is 115 Å². The van der Waals surface area contributed by atoms with Gasteiger partial charge in [0.15, 0.2) is 5.88 Å². The van der Waals surface area contributed by atoms with Gasteiger partial charge >= 0.3 is 0 Å². The molecule has 1 aromatic heterocycles. The monoisotopic (exact) mass is 274 g/mol. The zero-order valence-corrected chi connectivity index (χ0v) is 10.1. The van der Waals surface area contributed by atoms with Crippen molar-refractivity contribution in [3.05, 3.63) is 39.9 Å². The molecule has 102 valence electrons. The Balaban J connectivity index is 2.04. The number of fused-ring (bicyclic) bond motifs is 1. The molecule has 0 amide bonds. The summed E-state index contributed by atoms with van der Waals surface area (Å²) in [5, 5.41) is 30.0. The molecule has 0 aliphatic carbocycles. The van der Waals surface area contributed by atoms with E-state index in [1.54, 1.807) is 12.1 Å². The van der Waals surface area contributed by atoms with Crippen LogP contribution in [0.25, 0.3) is 0 Å². The summed E-state index contributed by atoms with van der Waals surface area (Å²) in [6.07, 6.45) is 1.45. The number of nitrogens with one attached hydrogen (secondary N) is 1. The van der Waals surface area contributed by atoms with Crippen molar-refractivity contribution >= 4 is 23.4 Å². The molecule has 8 nitrogen and oxygen atoms in total. The molecule has 2 aromatic rings. The van der Waals surface area contributed by atoms with Crippen LogP contribution in [0.2, 0.25) is 0 Å². The molecule has 0 spiro atoms. The molecule has 8 heteroatoms. The van der Waals surface area contributed by atoms with Crippen LogP contribution in [0.1, 0.15) is 5.56 Å². The van der Waals surface area contributed by atoms with Crippen LogP contribution >= 0.6 is 0 Å². The molecule has 3 rings (SSSR count). The van der Waals surface area contributed by atoms with E-state index in [2.05, 4.69) is 9.98 Å². The van der Waals surface area contributed by atoms with Gasteiger partial charge in [0, 0.05) is 12.1 Å². The van der Waals surface area contributed by atoms with E-state index in [-0.39, 0.29) is 24.0 Å². The molecule has 0 atom stereocenters. The van der Waals surface area contributed by atoms with E-state index in [1.165, 1.54) is 23.4 Å². The maximum absolute atomic E-state index is 11.0. The van der Waals surface area contributed by atoms with Crippen molar-refractivity contribution in [2.45, 2.75) is 6.54 Å². The average molecular weight is 274 g/mol. The van der Waals surface area contributed by atoms with Crippen molar-refractivity contribution in [3.8, 4) is 11.8 Å². The third kappa shape index (κ3) is 1.83. The lowest BCUT2D eigenvalue weighted by atomic mass is 10.1. The van der Waals surface area contributed by atoms with Crippen molar-refractivity contribution in [3.63, 3.8) is 0 Å². The Morgan fingerprint density at radius 2 is 2.20 bits per heavy atom. The van der Waals surface area contributed by atoms with E-state index in [0.717, 1.165) is 0 Å². The van der Waals surface area contributed by atoms with E-state index in [9.17, 15) is 20.3 Å². The third-order valence-electron chi connectivity index (χ3n) is 3.06. The molecular formula is C12H10N4O4. The first-order valence-corrected chi connectivity index (χ1v) is 5.74. The summed E-state index contributed by atoms with van der Waals surface area (Å²) in [6, 6.07) is 5.99. The smallest absolute Gasteiger partial charge is 0.276 e. The van der Waals surface area contributed by atoms with Gasteiger partial charge in [-0.3, -0.25) is 15.1 Å². The van der Waals surface area contributed by atoms with Crippen molar-refractivity contribution in [2.75, 3.05) is 4.90 Å². The summed E-state index contributed by atoms with van der Waals surface area (Å²) < 4.78 is 0. The number of nitro groups is 1. The first kappa shape index (κ1) is 12.0. The highest BCUT2D eigenvalue weighted by Crippen LogP contribution is 2.37. The largest absolute Gasteiger partial charge is 0.494 e. The summed E-state index contributed by atoms with van der Waals surface area (Å²) in [7, 11) is 0. The van der Waals surface area contributed by atoms with Crippen molar-refractivity contribution in [2.24, 2.45) is 4.99 Å². The highest BCUT2D eigenvalue weighted by Gasteiger charge is 2.24. The van der Waals surface area contributed by atoms with Gasteiger partial charge in [0.1, 0.15) is 5.69 Å². The number of aromatic hydroxyl groups is 2. The van der Waals surface area contributed by atoms with Gasteiger partial charge in [-0.25, -0.2) is 4.99 Å². The first-order chi connectivity index (χ1) is 9.56. The number of aromatic amines is 1. The molecule has 1 aliphatic rings. The zero-order chi connectivity index (χ0) is 14.3. The van der Waals surface area contributed by atoms with Gasteiger partial charge in [-0.15, -0.1) is 0 Å². The van der Waals surface area contributed by atoms with Crippen LogP contribution in [0, 0.1) is 10.1 Å². The van der Waals surface area contributed by atoms with Gasteiger partial charge in [-0.2, -0.15) is 0 Å². The van der Waals surface area contributed by atoms with Crippen molar-refractivity contribution in [1.82, 2.24) is 4.98 Å². The zero-order valence-electron chi connectivity index (χ0n) is 10.1. The fraction of sp³-hybridized carbons (Fsp3) is 0.0833. The molecule has 0 saturated carbocycles. The minimum atomic E-state index is -0.466. The first-order valence-electron chi connectivity index (χ1n) is 5.74. The van der Waals surface area contributed by atoms with E-state index < -0.39 is 4.92 Å². The van der Waals surface area contributed by atoms with Crippen LogP contribution in [0.15, 0.2) is 29.3 Å². The molecule has 0 bridgehead atoms. The molecule has 2 heterocycles. The third-order valence-corrected chi connectivity index (χ3v) is 3.06. The minimum absolute atomic E-state index is 0.0244. The van der Waals surface area contributed by atoms with Crippen LogP contribution in [-0.4, -0.2) is 26.5 Å². The fourth-order valence-electron chi connectivity index (χ4n) is 2.15. The lowest BCUT2D eigenvalue weighted by Gasteiger charge is -2.22. The standard InChI is InChI=1S/C12H10N4O4/c17-11-4-10(12(18)14-11)15-5-7-8(13-6-15)2-1-3-9(7)16(19)20/h1-4,6,14,17-18H,5H2. The second-order valence-electron chi connectivity index (χ2n) is 4.29. The number of H-pyrrole nitrogens is 1. The number of aliphatic imine (C=N–C) groups is 1.